The molecular weight excluding hydrogens is 258 g/mol. The van der Waals surface area contributed by atoms with E-state index in [-0.39, 0.29) is 12.0 Å². The number of hydrogen-bond acceptors (Lipinski definition) is 5. The van der Waals surface area contributed by atoms with Gasteiger partial charge in [0, 0.05) is 6.54 Å². The average molecular weight is 277 g/mol. The lowest BCUT2D eigenvalue weighted by molar-refractivity contribution is -0.128. The molecule has 0 radical (unpaired) electrons. The van der Waals surface area contributed by atoms with E-state index in [1.807, 2.05) is 6.92 Å². The normalized spacial score (nSPS) is 19.1. The predicted molar refractivity (Wildman–Crippen MR) is 73.6 cm³/mol. The highest BCUT2D eigenvalue weighted by Gasteiger charge is 2.24. The highest BCUT2D eigenvalue weighted by Crippen LogP contribution is 2.18. The fourth-order valence-corrected chi connectivity index (χ4v) is 2.14. The topological polar surface area (TPSA) is 64.6 Å². The number of nitrogens with zero attached hydrogens (tertiary/aromatic N) is 3. The first-order valence-corrected chi connectivity index (χ1v) is 6.67. The van der Waals surface area contributed by atoms with Gasteiger partial charge in [-0.2, -0.15) is 4.98 Å². The van der Waals surface area contributed by atoms with Crippen LogP contribution in [0.1, 0.15) is 19.8 Å². The van der Waals surface area contributed by atoms with E-state index in [4.69, 9.17) is 9.47 Å². The second-order valence-electron chi connectivity index (χ2n) is 4.57. The Kier molecular flexibility index (Phi) is 4.92. The maximum Gasteiger partial charge on any atom is 0.246 e. The summed E-state index contributed by atoms with van der Waals surface area (Å²) in [6, 6.07) is 0. The molecule has 0 aromatic carbocycles. The first kappa shape index (κ1) is 14.3. The second kappa shape index (κ2) is 6.88. The largest absolute Gasteiger partial charge is 0.480 e. The van der Waals surface area contributed by atoms with Gasteiger partial charge in [-0.05, 0) is 25.8 Å². The molecule has 1 unspecified atom stereocenters. The van der Waals surface area contributed by atoms with E-state index in [0.29, 0.717) is 18.3 Å². The first-order valence-electron chi connectivity index (χ1n) is 6.67. The molecule has 1 saturated heterocycles. The fraction of sp³-hybridized carbons (Fsp3) is 0.500. The molecule has 2 rings (SSSR count). The number of rotatable bonds is 4. The zero-order valence-corrected chi connectivity index (χ0v) is 11.8. The number of methoxy groups -OCH3 is 1. The Balaban J connectivity index is 1.97. The summed E-state index contributed by atoms with van der Waals surface area (Å²) in [4.78, 5) is 21.8. The summed E-state index contributed by atoms with van der Waals surface area (Å²) >= 11 is 0. The molecule has 0 saturated carbocycles. The number of hydrogen-bond donors (Lipinski definition) is 0. The molecule has 2 heterocycles. The lowest BCUT2D eigenvalue weighted by atomic mass is 10.1. The number of aromatic nitrogens is 2. The maximum absolute atomic E-state index is 11.8. The van der Waals surface area contributed by atoms with Gasteiger partial charge in [0.1, 0.15) is 6.10 Å². The van der Waals surface area contributed by atoms with Crippen molar-refractivity contribution in [3.8, 4) is 11.8 Å². The van der Waals surface area contributed by atoms with Gasteiger partial charge in [0.15, 0.2) is 0 Å². The highest BCUT2D eigenvalue weighted by molar-refractivity contribution is 5.87. The van der Waals surface area contributed by atoms with Crippen molar-refractivity contribution in [2.24, 2.45) is 0 Å². The predicted octanol–water partition coefficient (Wildman–Crippen LogP) is 1.43. The lowest BCUT2D eigenvalue weighted by Crippen LogP contribution is -2.43. The van der Waals surface area contributed by atoms with Crippen molar-refractivity contribution in [3.05, 3.63) is 24.5 Å². The van der Waals surface area contributed by atoms with Crippen molar-refractivity contribution in [1.29, 1.82) is 0 Å². The van der Waals surface area contributed by atoms with Crippen LogP contribution in [0.15, 0.2) is 24.5 Å². The first-order chi connectivity index (χ1) is 9.72. The summed E-state index contributed by atoms with van der Waals surface area (Å²) in [6.07, 6.45) is 8.17. The summed E-state index contributed by atoms with van der Waals surface area (Å²) in [6.45, 7) is 3.18. The third-order valence-electron chi connectivity index (χ3n) is 3.09. The molecule has 108 valence electrons. The molecule has 20 heavy (non-hydrogen) atoms. The molecule has 1 aliphatic heterocycles. The van der Waals surface area contributed by atoms with Crippen LogP contribution in [-0.4, -0.2) is 47.1 Å². The van der Waals surface area contributed by atoms with E-state index in [2.05, 4.69) is 9.97 Å². The standard InChI is InChI=1S/C14H19N3O3/c1-3-5-14(18)17-7-4-6-11(10-17)20-13-9-15-8-12(16-13)19-2/h3,5,8-9,11H,4,6-7,10H2,1-2H3. The summed E-state index contributed by atoms with van der Waals surface area (Å²) < 4.78 is 10.8. The van der Waals surface area contributed by atoms with Crippen molar-refractivity contribution in [3.63, 3.8) is 0 Å². The Hall–Kier alpha value is -2.11. The molecule has 0 bridgehead atoms. The maximum atomic E-state index is 11.8. The van der Waals surface area contributed by atoms with E-state index >= 15 is 0 Å². The summed E-state index contributed by atoms with van der Waals surface area (Å²) in [5.74, 6) is 0.868. The van der Waals surface area contributed by atoms with E-state index in [1.165, 1.54) is 13.3 Å². The van der Waals surface area contributed by atoms with Crippen molar-refractivity contribution < 1.29 is 14.3 Å². The summed E-state index contributed by atoms with van der Waals surface area (Å²) in [7, 11) is 1.53. The van der Waals surface area contributed by atoms with Crippen LogP contribution in [0.4, 0.5) is 0 Å². The van der Waals surface area contributed by atoms with Crippen LogP contribution in [0, 0.1) is 0 Å². The third kappa shape index (κ3) is 3.69. The van der Waals surface area contributed by atoms with E-state index < -0.39 is 0 Å². The van der Waals surface area contributed by atoms with Gasteiger partial charge < -0.3 is 14.4 Å². The van der Waals surface area contributed by atoms with Crippen LogP contribution in [0.25, 0.3) is 0 Å². The number of ether oxygens (including phenoxy) is 2. The number of carbonyl (C=O) groups excluding carboxylic acids is 1. The van der Waals surface area contributed by atoms with Gasteiger partial charge in [-0.25, -0.2) is 0 Å². The Bertz CT molecular complexity index is 490. The molecule has 1 aromatic rings. The monoisotopic (exact) mass is 277 g/mol. The zero-order valence-electron chi connectivity index (χ0n) is 11.8. The van der Waals surface area contributed by atoms with Gasteiger partial charge in [0.05, 0.1) is 26.0 Å². The SMILES string of the molecule is CC=CC(=O)N1CCCC(Oc2cncc(OC)n2)C1. The second-order valence-corrected chi connectivity index (χ2v) is 4.57. The molecule has 1 amide bonds. The van der Waals surface area contributed by atoms with Crippen molar-refractivity contribution in [2.45, 2.75) is 25.9 Å². The van der Waals surface area contributed by atoms with Crippen molar-refractivity contribution >= 4 is 5.91 Å². The van der Waals surface area contributed by atoms with E-state index in [9.17, 15) is 4.79 Å². The third-order valence-corrected chi connectivity index (χ3v) is 3.09. The van der Waals surface area contributed by atoms with Crippen LogP contribution in [0.2, 0.25) is 0 Å². The summed E-state index contributed by atoms with van der Waals surface area (Å²) in [5.41, 5.74) is 0. The van der Waals surface area contributed by atoms with Gasteiger partial charge in [-0.15, -0.1) is 0 Å². The molecule has 6 nitrogen and oxygen atoms in total. The Morgan fingerprint density at radius 3 is 3.00 bits per heavy atom. The van der Waals surface area contributed by atoms with Crippen LogP contribution in [-0.2, 0) is 4.79 Å². The van der Waals surface area contributed by atoms with E-state index in [0.717, 1.165) is 19.4 Å². The van der Waals surface area contributed by atoms with Gasteiger partial charge in [-0.1, -0.05) is 6.08 Å². The Morgan fingerprint density at radius 2 is 2.25 bits per heavy atom. The van der Waals surface area contributed by atoms with Crippen LogP contribution >= 0.6 is 0 Å². The number of likely N-dealkylation sites (tertiary alicyclic amines) is 1. The van der Waals surface area contributed by atoms with E-state index in [1.54, 1.807) is 23.2 Å². The Morgan fingerprint density at radius 1 is 1.45 bits per heavy atom. The number of amides is 1. The fourth-order valence-electron chi connectivity index (χ4n) is 2.14. The van der Waals surface area contributed by atoms with Crippen LogP contribution in [0.3, 0.4) is 0 Å². The summed E-state index contributed by atoms with van der Waals surface area (Å²) in [5, 5.41) is 0. The smallest absolute Gasteiger partial charge is 0.246 e. The Labute approximate surface area is 118 Å². The number of allylic oxidation sites excluding steroid dienone is 1. The zero-order chi connectivity index (χ0) is 14.4. The van der Waals surface area contributed by atoms with Gasteiger partial charge in [0.25, 0.3) is 0 Å². The number of piperidine rings is 1. The minimum absolute atomic E-state index is 0.0255. The molecule has 0 aliphatic carbocycles. The molecule has 6 heteroatoms. The molecular formula is C14H19N3O3. The van der Waals surface area contributed by atoms with Crippen molar-refractivity contribution in [1.82, 2.24) is 14.9 Å². The molecule has 1 aromatic heterocycles. The highest BCUT2D eigenvalue weighted by atomic mass is 16.5. The molecule has 1 atom stereocenters. The molecule has 1 aliphatic rings. The van der Waals surface area contributed by atoms with Gasteiger partial charge in [-0.3, -0.25) is 9.78 Å². The minimum atomic E-state index is -0.0561. The molecule has 0 N–H and O–H groups in total. The lowest BCUT2D eigenvalue weighted by Gasteiger charge is -2.31. The van der Waals surface area contributed by atoms with Gasteiger partial charge in [0.2, 0.25) is 17.7 Å². The minimum Gasteiger partial charge on any atom is -0.480 e. The quantitative estimate of drug-likeness (QED) is 0.779. The van der Waals surface area contributed by atoms with Crippen LogP contribution < -0.4 is 9.47 Å². The average Bonchev–Trinajstić information content (AvgIpc) is 2.48. The van der Waals surface area contributed by atoms with Gasteiger partial charge >= 0.3 is 0 Å². The molecule has 0 spiro atoms. The van der Waals surface area contributed by atoms with Crippen molar-refractivity contribution in [2.75, 3.05) is 20.2 Å². The number of carbonyl (C=O) groups is 1. The molecule has 1 fully saturated rings. The van der Waals surface area contributed by atoms with Crippen LogP contribution in [0.5, 0.6) is 11.8 Å².